The van der Waals surface area contributed by atoms with Crippen LogP contribution in [-0.4, -0.2) is 58.8 Å². The monoisotopic (exact) mass is 262 g/mol. The summed E-state index contributed by atoms with van der Waals surface area (Å²) in [5, 5.41) is 23.3. The van der Waals surface area contributed by atoms with Gasteiger partial charge in [-0.3, -0.25) is 4.79 Å². The molecule has 0 aromatic carbocycles. The zero-order valence-electron chi connectivity index (χ0n) is 9.52. The van der Waals surface area contributed by atoms with E-state index in [9.17, 15) is 9.59 Å². The predicted molar refractivity (Wildman–Crippen MR) is 65.0 cm³/mol. The second kappa shape index (κ2) is 7.52. The summed E-state index contributed by atoms with van der Waals surface area (Å²) in [5.41, 5.74) is 0. The second-order valence-electron chi connectivity index (χ2n) is 3.92. The van der Waals surface area contributed by atoms with Gasteiger partial charge >= 0.3 is 5.97 Å². The van der Waals surface area contributed by atoms with E-state index in [1.54, 1.807) is 0 Å². The lowest BCUT2D eigenvalue weighted by Crippen LogP contribution is -2.41. The Morgan fingerprint density at radius 2 is 2.29 bits per heavy atom. The lowest BCUT2D eigenvalue weighted by atomic mass is 10.2. The van der Waals surface area contributed by atoms with E-state index in [-0.39, 0.29) is 24.9 Å². The number of carbonyl (C=O) groups is 2. The first kappa shape index (κ1) is 14.3. The second-order valence-corrected chi connectivity index (χ2v) is 5.07. The third kappa shape index (κ3) is 5.90. The lowest BCUT2D eigenvalue weighted by molar-refractivity contribution is -0.147. The van der Waals surface area contributed by atoms with E-state index in [1.165, 1.54) is 0 Å². The molecular formula is C10H18N2O4S. The highest BCUT2D eigenvalue weighted by Gasteiger charge is 2.17. The van der Waals surface area contributed by atoms with Gasteiger partial charge in [0.25, 0.3) is 0 Å². The summed E-state index contributed by atoms with van der Waals surface area (Å²) in [4.78, 5) is 21.8. The minimum atomic E-state index is -1.40. The number of rotatable bonds is 6. The molecule has 0 aromatic heterocycles. The molecule has 0 radical (unpaired) electrons. The molecule has 98 valence electrons. The number of amides is 1. The normalized spacial score (nSPS) is 21.8. The van der Waals surface area contributed by atoms with Crippen LogP contribution >= 0.6 is 11.8 Å². The van der Waals surface area contributed by atoms with Gasteiger partial charge in [-0.05, 0) is 0 Å². The molecule has 2 atom stereocenters. The number of carbonyl (C=O) groups excluding carboxylic acids is 1. The Hall–Kier alpha value is -0.790. The molecule has 0 bridgehead atoms. The first-order valence-electron chi connectivity index (χ1n) is 5.58. The minimum Gasteiger partial charge on any atom is -0.479 e. The Morgan fingerprint density at radius 1 is 1.53 bits per heavy atom. The summed E-state index contributed by atoms with van der Waals surface area (Å²) in [6, 6.07) is 0.193. The van der Waals surface area contributed by atoms with Crippen LogP contribution in [-0.2, 0) is 9.59 Å². The predicted octanol–water partition coefficient (Wildman–Crippen LogP) is -0.967. The number of nitrogens with one attached hydrogen (secondary N) is 2. The van der Waals surface area contributed by atoms with Crippen molar-refractivity contribution in [1.82, 2.24) is 10.6 Å². The van der Waals surface area contributed by atoms with Crippen LogP contribution in [0.15, 0.2) is 0 Å². The summed E-state index contributed by atoms with van der Waals surface area (Å²) < 4.78 is 0. The third-order valence-electron chi connectivity index (χ3n) is 2.46. The van der Waals surface area contributed by atoms with Crippen LogP contribution in [0.2, 0.25) is 0 Å². The van der Waals surface area contributed by atoms with Gasteiger partial charge in [-0.15, -0.1) is 0 Å². The Labute approximate surface area is 104 Å². The molecule has 4 N–H and O–H groups in total. The number of thioether (sulfide) groups is 1. The number of carboxylic acids is 1. The molecule has 1 rings (SSSR count). The van der Waals surface area contributed by atoms with Gasteiger partial charge in [0, 0.05) is 43.5 Å². The molecule has 0 aromatic rings. The topological polar surface area (TPSA) is 98.7 Å². The van der Waals surface area contributed by atoms with Crippen molar-refractivity contribution in [3.8, 4) is 0 Å². The molecule has 1 fully saturated rings. The number of carboxylic acid groups (broad SMARTS) is 1. The molecule has 1 saturated heterocycles. The number of hydrogen-bond acceptors (Lipinski definition) is 5. The molecule has 1 aliphatic rings. The van der Waals surface area contributed by atoms with Gasteiger partial charge in [0.1, 0.15) is 0 Å². The Kier molecular flexibility index (Phi) is 6.31. The van der Waals surface area contributed by atoms with Gasteiger partial charge < -0.3 is 20.8 Å². The van der Waals surface area contributed by atoms with E-state index in [1.807, 2.05) is 11.8 Å². The average molecular weight is 262 g/mol. The van der Waals surface area contributed by atoms with Crippen LogP contribution < -0.4 is 10.6 Å². The fourth-order valence-corrected chi connectivity index (χ4v) is 2.47. The number of aliphatic hydroxyl groups excluding tert-OH is 1. The Morgan fingerprint density at radius 3 is 2.88 bits per heavy atom. The Balaban J connectivity index is 2.10. The highest BCUT2D eigenvalue weighted by atomic mass is 32.2. The van der Waals surface area contributed by atoms with Crippen LogP contribution in [0.25, 0.3) is 0 Å². The van der Waals surface area contributed by atoms with E-state index >= 15 is 0 Å². The van der Waals surface area contributed by atoms with Gasteiger partial charge in [0.2, 0.25) is 5.91 Å². The molecular weight excluding hydrogens is 244 g/mol. The molecule has 1 heterocycles. The van der Waals surface area contributed by atoms with Gasteiger partial charge in [0.05, 0.1) is 0 Å². The molecule has 0 saturated carbocycles. The molecule has 1 aliphatic heterocycles. The van der Waals surface area contributed by atoms with Crippen LogP contribution in [0.3, 0.4) is 0 Å². The first-order chi connectivity index (χ1) is 8.09. The number of aliphatic hydroxyl groups is 1. The quantitative estimate of drug-likeness (QED) is 0.492. The van der Waals surface area contributed by atoms with Gasteiger partial charge in [0.15, 0.2) is 6.10 Å². The molecule has 6 nitrogen and oxygen atoms in total. The zero-order valence-corrected chi connectivity index (χ0v) is 10.3. The van der Waals surface area contributed by atoms with Crippen molar-refractivity contribution < 1.29 is 19.8 Å². The summed E-state index contributed by atoms with van der Waals surface area (Å²) in [7, 11) is 0. The van der Waals surface area contributed by atoms with Gasteiger partial charge in [-0.25, -0.2) is 4.79 Å². The smallest absolute Gasteiger partial charge is 0.332 e. The largest absolute Gasteiger partial charge is 0.479 e. The molecule has 0 aliphatic carbocycles. The van der Waals surface area contributed by atoms with Gasteiger partial charge in [-0.1, -0.05) is 0 Å². The highest BCUT2D eigenvalue weighted by Crippen LogP contribution is 2.09. The van der Waals surface area contributed by atoms with Crippen molar-refractivity contribution in [3.63, 3.8) is 0 Å². The highest BCUT2D eigenvalue weighted by molar-refractivity contribution is 7.99. The van der Waals surface area contributed by atoms with Crippen molar-refractivity contribution in [1.29, 1.82) is 0 Å². The molecule has 7 heteroatoms. The van der Waals surface area contributed by atoms with E-state index in [0.717, 1.165) is 18.1 Å². The van der Waals surface area contributed by atoms with Crippen molar-refractivity contribution in [2.45, 2.75) is 25.0 Å². The molecule has 0 spiro atoms. The van der Waals surface area contributed by atoms with Crippen LogP contribution in [0, 0.1) is 0 Å². The summed E-state index contributed by atoms with van der Waals surface area (Å²) in [5.74, 6) is 0.626. The van der Waals surface area contributed by atoms with E-state index in [0.29, 0.717) is 6.42 Å². The van der Waals surface area contributed by atoms with Crippen molar-refractivity contribution in [2.24, 2.45) is 0 Å². The summed E-state index contributed by atoms with van der Waals surface area (Å²) in [6.45, 7) is 1.10. The van der Waals surface area contributed by atoms with Crippen molar-refractivity contribution >= 4 is 23.6 Å². The SMILES string of the molecule is O=C(CC1CSCCN1)NCC[C@H](O)C(=O)O. The number of hydrogen-bond donors (Lipinski definition) is 4. The number of aliphatic carboxylic acids is 1. The molecule has 1 amide bonds. The molecule has 17 heavy (non-hydrogen) atoms. The van der Waals surface area contributed by atoms with E-state index < -0.39 is 12.1 Å². The summed E-state index contributed by atoms with van der Waals surface area (Å²) >= 11 is 1.82. The van der Waals surface area contributed by atoms with Gasteiger partial charge in [-0.2, -0.15) is 11.8 Å². The average Bonchev–Trinajstić information content (AvgIpc) is 2.30. The minimum absolute atomic E-state index is 0.0356. The Bertz CT molecular complexity index is 269. The van der Waals surface area contributed by atoms with Crippen molar-refractivity contribution in [3.05, 3.63) is 0 Å². The van der Waals surface area contributed by atoms with Crippen molar-refractivity contribution in [2.75, 3.05) is 24.6 Å². The summed E-state index contributed by atoms with van der Waals surface area (Å²) in [6.07, 6.45) is -0.969. The van der Waals surface area contributed by atoms with E-state index in [4.69, 9.17) is 10.2 Å². The van der Waals surface area contributed by atoms with Crippen LogP contribution in [0.1, 0.15) is 12.8 Å². The van der Waals surface area contributed by atoms with Crippen LogP contribution in [0.4, 0.5) is 0 Å². The molecule has 1 unspecified atom stereocenters. The standard InChI is InChI=1S/C10H18N2O4S/c13-8(10(15)16)1-2-12-9(14)5-7-6-17-4-3-11-7/h7-8,11,13H,1-6H2,(H,12,14)(H,15,16)/t7?,8-/m0/s1. The van der Waals surface area contributed by atoms with Crippen LogP contribution in [0.5, 0.6) is 0 Å². The maximum Gasteiger partial charge on any atom is 0.332 e. The lowest BCUT2D eigenvalue weighted by Gasteiger charge is -2.22. The fraction of sp³-hybridized carbons (Fsp3) is 0.800. The third-order valence-corrected chi connectivity index (χ3v) is 3.59. The zero-order chi connectivity index (χ0) is 12.7. The van der Waals surface area contributed by atoms with E-state index in [2.05, 4.69) is 10.6 Å². The maximum atomic E-state index is 11.5. The fourth-order valence-electron chi connectivity index (χ4n) is 1.52. The maximum absolute atomic E-state index is 11.5. The first-order valence-corrected chi connectivity index (χ1v) is 6.73.